The Morgan fingerprint density at radius 1 is 1.18 bits per heavy atom. The number of benzene rings is 2. The van der Waals surface area contributed by atoms with E-state index in [4.69, 9.17) is 9.26 Å². The third kappa shape index (κ3) is 5.06. The highest BCUT2D eigenvalue weighted by Gasteiger charge is 2.30. The fourth-order valence-electron chi connectivity index (χ4n) is 2.34. The number of carbonyl (C=O) groups is 1. The van der Waals surface area contributed by atoms with E-state index in [-0.39, 0.29) is 12.2 Å². The average Bonchev–Trinajstić information content (AvgIpc) is 3.10. The van der Waals surface area contributed by atoms with E-state index in [1.165, 1.54) is 24.3 Å². The molecule has 0 unspecified atom stereocenters. The number of halogens is 3. The number of aromatic nitrogens is 2. The fourth-order valence-corrected chi connectivity index (χ4v) is 2.34. The van der Waals surface area contributed by atoms with Crippen LogP contribution >= 0.6 is 0 Å². The van der Waals surface area contributed by atoms with Gasteiger partial charge in [-0.1, -0.05) is 35.5 Å². The summed E-state index contributed by atoms with van der Waals surface area (Å²) in [5, 5.41) is 3.72. The first kappa shape index (κ1) is 19.3. The van der Waals surface area contributed by atoms with Gasteiger partial charge in [0.15, 0.2) is 12.4 Å². The Balaban J connectivity index is 1.61. The van der Waals surface area contributed by atoms with E-state index in [9.17, 15) is 18.0 Å². The molecule has 2 aromatic carbocycles. The van der Waals surface area contributed by atoms with Crippen LogP contribution in [0.2, 0.25) is 0 Å². The Bertz CT molecular complexity index is 992. The van der Waals surface area contributed by atoms with Crippen molar-refractivity contribution >= 4 is 11.9 Å². The molecule has 28 heavy (non-hydrogen) atoms. The van der Waals surface area contributed by atoms with Crippen molar-refractivity contribution in [2.75, 3.05) is 0 Å². The predicted molar refractivity (Wildman–Crippen MR) is 94.6 cm³/mol. The molecule has 0 spiro atoms. The number of ether oxygens (including phenoxy) is 1. The summed E-state index contributed by atoms with van der Waals surface area (Å²) in [6.45, 7) is 1.83. The highest BCUT2D eigenvalue weighted by Crippen LogP contribution is 2.29. The molecule has 1 heterocycles. The minimum Gasteiger partial charge on any atom is -0.485 e. The number of aryl methyl sites for hydroxylation is 1. The van der Waals surface area contributed by atoms with Crippen LogP contribution in [0.15, 0.2) is 59.1 Å². The molecule has 0 amide bonds. The van der Waals surface area contributed by atoms with Gasteiger partial charge in [-0.15, -0.1) is 0 Å². The molecule has 0 fully saturated rings. The molecule has 0 aliphatic heterocycles. The average molecular weight is 388 g/mol. The fraction of sp³-hybridized carbons (Fsp3) is 0.150. The van der Waals surface area contributed by atoms with Crippen LogP contribution in [-0.2, 0) is 12.8 Å². The van der Waals surface area contributed by atoms with Gasteiger partial charge >= 0.3 is 6.18 Å². The topological polar surface area (TPSA) is 65.2 Å². The normalized spacial score (nSPS) is 11.7. The van der Waals surface area contributed by atoms with Gasteiger partial charge in [-0.05, 0) is 35.9 Å². The van der Waals surface area contributed by atoms with Crippen LogP contribution in [0.25, 0.3) is 6.08 Å². The lowest BCUT2D eigenvalue weighted by Crippen LogP contribution is -2.06. The molecule has 8 heteroatoms. The second kappa shape index (κ2) is 8.08. The monoisotopic (exact) mass is 388 g/mol. The summed E-state index contributed by atoms with van der Waals surface area (Å²) in [6, 6.07) is 11.1. The molecule has 3 aromatic rings. The van der Waals surface area contributed by atoms with Crippen LogP contribution in [0.4, 0.5) is 13.2 Å². The van der Waals surface area contributed by atoms with Gasteiger partial charge < -0.3 is 9.26 Å². The maximum Gasteiger partial charge on any atom is 0.416 e. The highest BCUT2D eigenvalue weighted by molar-refractivity contribution is 6.06. The van der Waals surface area contributed by atoms with Crippen molar-refractivity contribution in [3.05, 3.63) is 83.0 Å². The van der Waals surface area contributed by atoms with Gasteiger partial charge in [-0.2, -0.15) is 18.2 Å². The first-order valence-corrected chi connectivity index (χ1v) is 8.23. The van der Waals surface area contributed by atoms with Gasteiger partial charge in [-0.25, -0.2) is 0 Å². The predicted octanol–water partition coefficient (Wildman–Crippen LogP) is 4.87. The quantitative estimate of drug-likeness (QED) is 0.445. The number of rotatable bonds is 6. The number of ketones is 1. The van der Waals surface area contributed by atoms with Gasteiger partial charge in [0.05, 0.1) is 5.56 Å². The van der Waals surface area contributed by atoms with E-state index in [1.807, 2.05) is 0 Å². The zero-order valence-electron chi connectivity index (χ0n) is 14.7. The van der Waals surface area contributed by atoms with Gasteiger partial charge in [0.2, 0.25) is 11.7 Å². The van der Waals surface area contributed by atoms with Crippen molar-refractivity contribution < 1.29 is 27.2 Å². The van der Waals surface area contributed by atoms with E-state index < -0.39 is 17.5 Å². The lowest BCUT2D eigenvalue weighted by molar-refractivity contribution is -0.137. The van der Waals surface area contributed by atoms with Crippen LogP contribution < -0.4 is 4.74 Å². The van der Waals surface area contributed by atoms with E-state index in [1.54, 1.807) is 31.2 Å². The molecule has 0 atom stereocenters. The molecule has 0 bridgehead atoms. The van der Waals surface area contributed by atoms with Crippen LogP contribution in [0.1, 0.15) is 33.2 Å². The molecular weight excluding hydrogens is 373 g/mol. The number of nitrogens with zero attached hydrogens (tertiary/aromatic N) is 2. The summed E-state index contributed by atoms with van der Waals surface area (Å²) in [5.74, 6) is 0.931. The largest absolute Gasteiger partial charge is 0.485 e. The molecule has 5 nitrogen and oxygen atoms in total. The molecule has 0 aliphatic rings. The van der Waals surface area contributed by atoms with Crippen molar-refractivity contribution in [2.24, 2.45) is 0 Å². The van der Waals surface area contributed by atoms with E-state index in [2.05, 4.69) is 10.1 Å². The van der Waals surface area contributed by atoms with Crippen molar-refractivity contribution in [1.82, 2.24) is 10.1 Å². The molecule has 0 radical (unpaired) electrons. The second-order valence-corrected chi connectivity index (χ2v) is 5.86. The Morgan fingerprint density at radius 3 is 2.57 bits per heavy atom. The molecule has 0 saturated heterocycles. The van der Waals surface area contributed by atoms with Crippen LogP contribution in [-0.4, -0.2) is 15.9 Å². The molecule has 0 saturated carbocycles. The first-order valence-electron chi connectivity index (χ1n) is 8.23. The summed E-state index contributed by atoms with van der Waals surface area (Å²) in [7, 11) is 0. The maximum absolute atomic E-state index is 12.7. The minimum absolute atomic E-state index is 0.0265. The van der Waals surface area contributed by atoms with Crippen molar-refractivity contribution in [3.63, 3.8) is 0 Å². The summed E-state index contributed by atoms with van der Waals surface area (Å²) < 4.78 is 48.6. The molecule has 1 aromatic heterocycles. The van der Waals surface area contributed by atoms with Gasteiger partial charge in [0, 0.05) is 12.5 Å². The Labute approximate surface area is 158 Å². The second-order valence-electron chi connectivity index (χ2n) is 5.86. The first-order chi connectivity index (χ1) is 13.3. The smallest absolute Gasteiger partial charge is 0.416 e. The lowest BCUT2D eigenvalue weighted by Gasteiger charge is -2.07. The number of hydrogen-bond acceptors (Lipinski definition) is 5. The molecule has 3 rings (SSSR count). The summed E-state index contributed by atoms with van der Waals surface area (Å²) >= 11 is 0. The number of allylic oxidation sites excluding steroid dienone is 1. The SMILES string of the molecule is Cc1nc(COc2ccc(/C=C/C(=O)c3cccc(C(F)(F)F)c3)cc2)no1. The molecular formula is C20H15F3N2O3. The minimum atomic E-state index is -4.49. The van der Waals surface area contributed by atoms with Crippen molar-refractivity contribution in [2.45, 2.75) is 19.7 Å². The number of hydrogen-bond donors (Lipinski definition) is 0. The third-order valence-electron chi connectivity index (χ3n) is 3.72. The van der Waals surface area contributed by atoms with E-state index >= 15 is 0 Å². The summed E-state index contributed by atoms with van der Waals surface area (Å²) in [4.78, 5) is 16.1. The van der Waals surface area contributed by atoms with Crippen LogP contribution in [0.3, 0.4) is 0 Å². The van der Waals surface area contributed by atoms with Crippen molar-refractivity contribution in [1.29, 1.82) is 0 Å². The Hall–Kier alpha value is -3.42. The Morgan fingerprint density at radius 2 is 1.93 bits per heavy atom. The van der Waals surface area contributed by atoms with Crippen molar-refractivity contribution in [3.8, 4) is 5.75 Å². The summed E-state index contributed by atoms with van der Waals surface area (Å²) in [6.07, 6.45) is -1.74. The van der Waals surface area contributed by atoms with Crippen LogP contribution in [0.5, 0.6) is 5.75 Å². The summed E-state index contributed by atoms with van der Waals surface area (Å²) in [5.41, 5.74) is -0.186. The number of carbonyl (C=O) groups excluding carboxylic acids is 1. The third-order valence-corrected chi connectivity index (χ3v) is 3.72. The standard InChI is InChI=1S/C20H15F3N2O3/c1-13-24-19(25-28-13)12-27-17-8-5-14(6-9-17)7-10-18(26)15-3-2-4-16(11-15)20(21,22)23/h2-11H,12H2,1H3/b10-7+. The lowest BCUT2D eigenvalue weighted by atomic mass is 10.1. The van der Waals surface area contributed by atoms with Crippen LogP contribution in [0, 0.1) is 6.92 Å². The van der Waals surface area contributed by atoms with Gasteiger partial charge in [0.25, 0.3) is 0 Å². The molecule has 0 aliphatic carbocycles. The zero-order chi connectivity index (χ0) is 20.1. The maximum atomic E-state index is 12.7. The van der Waals surface area contributed by atoms with Gasteiger partial charge in [0.1, 0.15) is 5.75 Å². The molecule has 0 N–H and O–H groups in total. The zero-order valence-corrected chi connectivity index (χ0v) is 14.7. The molecule has 144 valence electrons. The Kier molecular flexibility index (Phi) is 5.58. The van der Waals surface area contributed by atoms with Gasteiger partial charge in [-0.3, -0.25) is 4.79 Å². The van der Waals surface area contributed by atoms with E-state index in [0.29, 0.717) is 23.0 Å². The highest BCUT2D eigenvalue weighted by atomic mass is 19.4. The van der Waals surface area contributed by atoms with E-state index in [0.717, 1.165) is 12.1 Å². The number of alkyl halides is 3.